The second-order valence-corrected chi connectivity index (χ2v) is 4.30. The largest absolute Gasteiger partial charge is 0.383 e. The lowest BCUT2D eigenvalue weighted by Gasteiger charge is -2.17. The van der Waals surface area contributed by atoms with E-state index in [0.29, 0.717) is 6.04 Å². The van der Waals surface area contributed by atoms with Gasteiger partial charge in [-0.05, 0) is 37.0 Å². The highest BCUT2D eigenvalue weighted by Gasteiger charge is 2.06. The smallest absolute Gasteiger partial charge is 0.0615 e. The van der Waals surface area contributed by atoms with Gasteiger partial charge in [0, 0.05) is 19.7 Å². The van der Waals surface area contributed by atoms with Gasteiger partial charge < -0.3 is 10.1 Å². The molecule has 1 aromatic carbocycles. The molecular weight excluding hydrogens is 198 g/mol. The zero-order valence-electron chi connectivity index (χ0n) is 10.8. The minimum Gasteiger partial charge on any atom is -0.383 e. The molecule has 0 aliphatic heterocycles. The average Bonchev–Trinajstić information content (AvgIpc) is 2.29. The van der Waals surface area contributed by atoms with Crippen molar-refractivity contribution in [3.8, 4) is 0 Å². The van der Waals surface area contributed by atoms with E-state index in [1.54, 1.807) is 7.11 Å². The highest BCUT2D eigenvalue weighted by Crippen LogP contribution is 2.12. The van der Waals surface area contributed by atoms with E-state index in [-0.39, 0.29) is 0 Å². The Balaban J connectivity index is 2.56. The molecular formula is C14H23NO. The van der Waals surface area contributed by atoms with E-state index < -0.39 is 0 Å². The second kappa shape index (κ2) is 6.66. The molecule has 0 bridgehead atoms. The monoisotopic (exact) mass is 221 g/mol. The highest BCUT2D eigenvalue weighted by molar-refractivity contribution is 5.32. The third kappa shape index (κ3) is 3.62. The normalized spacial score (nSPS) is 12.8. The molecule has 0 saturated carbocycles. The molecule has 16 heavy (non-hydrogen) atoms. The van der Waals surface area contributed by atoms with Crippen molar-refractivity contribution < 1.29 is 4.74 Å². The van der Waals surface area contributed by atoms with Crippen molar-refractivity contribution in [2.45, 2.75) is 39.8 Å². The fraction of sp³-hybridized carbons (Fsp3) is 0.571. The number of rotatable bonds is 6. The molecule has 90 valence electrons. The minimum atomic E-state index is 0.449. The summed E-state index contributed by atoms with van der Waals surface area (Å²) in [6.45, 7) is 8.23. The number of ether oxygens (including phenoxy) is 1. The first kappa shape index (κ1) is 13.2. The molecule has 0 aliphatic carbocycles. The van der Waals surface area contributed by atoms with Gasteiger partial charge >= 0.3 is 0 Å². The van der Waals surface area contributed by atoms with Crippen molar-refractivity contribution in [2.75, 3.05) is 13.7 Å². The van der Waals surface area contributed by atoms with Crippen LogP contribution in [-0.4, -0.2) is 19.8 Å². The van der Waals surface area contributed by atoms with Crippen LogP contribution in [0.2, 0.25) is 0 Å². The molecule has 1 aromatic rings. The molecule has 0 aliphatic rings. The molecule has 2 nitrogen and oxygen atoms in total. The Morgan fingerprint density at radius 2 is 2.06 bits per heavy atom. The van der Waals surface area contributed by atoms with Crippen LogP contribution < -0.4 is 5.32 Å². The van der Waals surface area contributed by atoms with Crippen LogP contribution in [0.1, 0.15) is 30.0 Å². The van der Waals surface area contributed by atoms with Gasteiger partial charge in [-0.2, -0.15) is 0 Å². The number of methoxy groups -OCH3 is 1. The number of hydrogen-bond donors (Lipinski definition) is 1. The van der Waals surface area contributed by atoms with Gasteiger partial charge in [-0.1, -0.05) is 25.1 Å². The predicted octanol–water partition coefficient (Wildman–Crippen LogP) is 2.82. The Hall–Kier alpha value is -0.860. The molecule has 0 spiro atoms. The van der Waals surface area contributed by atoms with Crippen LogP contribution in [-0.2, 0) is 11.3 Å². The summed E-state index contributed by atoms with van der Waals surface area (Å²) in [6.07, 6.45) is 1.10. The molecule has 0 saturated heterocycles. The molecule has 0 amide bonds. The molecule has 1 unspecified atom stereocenters. The molecule has 1 N–H and O–H groups in total. The average molecular weight is 221 g/mol. The lowest BCUT2D eigenvalue weighted by Crippen LogP contribution is -2.32. The molecule has 1 rings (SSSR count). The van der Waals surface area contributed by atoms with Gasteiger partial charge in [0.25, 0.3) is 0 Å². The Morgan fingerprint density at radius 3 is 2.69 bits per heavy atom. The predicted molar refractivity (Wildman–Crippen MR) is 68.7 cm³/mol. The van der Waals surface area contributed by atoms with E-state index in [1.165, 1.54) is 16.7 Å². The van der Waals surface area contributed by atoms with Gasteiger partial charge in [0.15, 0.2) is 0 Å². The third-order valence-electron chi connectivity index (χ3n) is 3.16. The van der Waals surface area contributed by atoms with Gasteiger partial charge in [0.05, 0.1) is 6.61 Å². The van der Waals surface area contributed by atoms with Crippen LogP contribution in [0.3, 0.4) is 0 Å². The minimum absolute atomic E-state index is 0.449. The third-order valence-corrected chi connectivity index (χ3v) is 3.16. The van der Waals surface area contributed by atoms with Gasteiger partial charge in [-0.3, -0.25) is 0 Å². The second-order valence-electron chi connectivity index (χ2n) is 4.30. The van der Waals surface area contributed by atoms with Gasteiger partial charge in [-0.25, -0.2) is 0 Å². The van der Waals surface area contributed by atoms with Gasteiger partial charge in [-0.15, -0.1) is 0 Å². The zero-order chi connectivity index (χ0) is 12.0. The Kier molecular flexibility index (Phi) is 5.50. The van der Waals surface area contributed by atoms with E-state index in [4.69, 9.17) is 4.74 Å². The first-order valence-corrected chi connectivity index (χ1v) is 5.96. The summed E-state index contributed by atoms with van der Waals surface area (Å²) < 4.78 is 5.17. The zero-order valence-corrected chi connectivity index (χ0v) is 10.8. The molecule has 0 radical (unpaired) electrons. The molecule has 0 fully saturated rings. The maximum absolute atomic E-state index is 5.17. The number of hydrogen-bond acceptors (Lipinski definition) is 2. The SMILES string of the molecule is CCC(COC)NCc1cccc(C)c1C. The van der Waals surface area contributed by atoms with E-state index >= 15 is 0 Å². The van der Waals surface area contributed by atoms with Gasteiger partial charge in [0.1, 0.15) is 0 Å². The molecule has 1 atom stereocenters. The Bertz CT molecular complexity index is 323. The van der Waals surface area contributed by atoms with Crippen molar-refractivity contribution in [3.63, 3.8) is 0 Å². The standard InChI is InChI=1S/C14H23NO/c1-5-14(10-16-4)15-9-13-8-6-7-11(2)12(13)3/h6-8,14-15H,5,9-10H2,1-4H3. The first-order valence-electron chi connectivity index (χ1n) is 5.96. The summed E-state index contributed by atoms with van der Waals surface area (Å²) in [5, 5.41) is 3.53. The summed E-state index contributed by atoms with van der Waals surface area (Å²) in [5.41, 5.74) is 4.14. The van der Waals surface area contributed by atoms with Crippen molar-refractivity contribution in [2.24, 2.45) is 0 Å². The molecule has 2 heteroatoms. The van der Waals surface area contributed by atoms with Crippen LogP contribution in [0.4, 0.5) is 0 Å². The maximum Gasteiger partial charge on any atom is 0.0615 e. The van der Waals surface area contributed by atoms with E-state index in [1.807, 2.05) is 0 Å². The summed E-state index contributed by atoms with van der Waals surface area (Å²) in [4.78, 5) is 0. The number of nitrogens with one attached hydrogen (secondary N) is 1. The first-order chi connectivity index (χ1) is 7.69. The van der Waals surface area contributed by atoms with E-state index in [0.717, 1.165) is 19.6 Å². The highest BCUT2D eigenvalue weighted by atomic mass is 16.5. The maximum atomic E-state index is 5.17. The lowest BCUT2D eigenvalue weighted by atomic mass is 10.0. The molecule has 0 heterocycles. The molecule has 0 aromatic heterocycles. The lowest BCUT2D eigenvalue weighted by molar-refractivity contribution is 0.164. The Morgan fingerprint density at radius 1 is 1.31 bits per heavy atom. The fourth-order valence-electron chi connectivity index (χ4n) is 1.78. The summed E-state index contributed by atoms with van der Waals surface area (Å²) in [6, 6.07) is 6.92. The topological polar surface area (TPSA) is 21.3 Å². The Labute approximate surface area is 99.0 Å². The van der Waals surface area contributed by atoms with Crippen molar-refractivity contribution in [1.29, 1.82) is 0 Å². The summed E-state index contributed by atoms with van der Waals surface area (Å²) in [7, 11) is 1.75. The van der Waals surface area contributed by atoms with Crippen LogP contribution >= 0.6 is 0 Å². The van der Waals surface area contributed by atoms with Crippen LogP contribution in [0.25, 0.3) is 0 Å². The van der Waals surface area contributed by atoms with Crippen molar-refractivity contribution in [3.05, 3.63) is 34.9 Å². The number of aryl methyl sites for hydroxylation is 1. The van der Waals surface area contributed by atoms with Crippen molar-refractivity contribution in [1.82, 2.24) is 5.32 Å². The summed E-state index contributed by atoms with van der Waals surface area (Å²) in [5.74, 6) is 0. The van der Waals surface area contributed by atoms with Crippen LogP contribution in [0.15, 0.2) is 18.2 Å². The quantitative estimate of drug-likeness (QED) is 0.797. The number of benzene rings is 1. The van der Waals surface area contributed by atoms with E-state index in [9.17, 15) is 0 Å². The van der Waals surface area contributed by atoms with Crippen molar-refractivity contribution >= 4 is 0 Å². The van der Waals surface area contributed by atoms with Crippen LogP contribution in [0.5, 0.6) is 0 Å². The summed E-state index contributed by atoms with van der Waals surface area (Å²) >= 11 is 0. The van der Waals surface area contributed by atoms with Crippen LogP contribution in [0, 0.1) is 13.8 Å². The fourth-order valence-corrected chi connectivity index (χ4v) is 1.78. The van der Waals surface area contributed by atoms with Gasteiger partial charge in [0.2, 0.25) is 0 Å². The van der Waals surface area contributed by atoms with E-state index in [2.05, 4.69) is 44.3 Å².